The number of hydrogen-bond acceptors (Lipinski definition) is 6. The van der Waals surface area contributed by atoms with Gasteiger partial charge in [0.2, 0.25) is 5.95 Å². The Kier molecular flexibility index (Phi) is 3.18. The van der Waals surface area contributed by atoms with E-state index in [0.29, 0.717) is 12.0 Å². The van der Waals surface area contributed by atoms with Crippen LogP contribution in [0.2, 0.25) is 0 Å². The number of nitrogens with zero attached hydrogens (tertiary/aromatic N) is 4. The van der Waals surface area contributed by atoms with E-state index < -0.39 is 0 Å². The average molecular weight is 262 g/mol. The molecular formula is C13H22N6. The van der Waals surface area contributed by atoms with Crippen LogP contribution in [-0.2, 0) is 0 Å². The fraction of sp³-hybridized carbons (Fsp3) is 0.692. The quantitative estimate of drug-likeness (QED) is 0.820. The van der Waals surface area contributed by atoms with E-state index in [1.165, 1.54) is 19.3 Å². The van der Waals surface area contributed by atoms with E-state index in [1.807, 2.05) is 13.1 Å². The largest absolute Gasteiger partial charge is 0.373 e. The van der Waals surface area contributed by atoms with E-state index in [2.05, 4.69) is 32.1 Å². The van der Waals surface area contributed by atoms with Crippen molar-refractivity contribution in [1.82, 2.24) is 14.9 Å². The zero-order chi connectivity index (χ0) is 13.4. The number of nitrogens with one attached hydrogen (secondary N) is 1. The van der Waals surface area contributed by atoms with Crippen molar-refractivity contribution in [2.45, 2.75) is 31.3 Å². The monoisotopic (exact) mass is 262 g/mol. The van der Waals surface area contributed by atoms with Crippen LogP contribution in [0.25, 0.3) is 0 Å². The standard InChI is InChI=1S/C13H22N6/c1-15-11-7-12(17-13(14)16-11)19-6-5-9-3-4-10(8-19)18(9)2/h7,9-10H,3-6,8H2,1-2H3,(H3,14,15,16,17). The summed E-state index contributed by atoms with van der Waals surface area (Å²) in [6, 6.07) is 3.36. The molecule has 2 aliphatic heterocycles. The van der Waals surface area contributed by atoms with Crippen LogP contribution in [0.3, 0.4) is 0 Å². The zero-order valence-corrected chi connectivity index (χ0v) is 11.6. The average Bonchev–Trinajstić information content (AvgIpc) is 2.62. The maximum atomic E-state index is 5.78. The number of rotatable bonds is 2. The highest BCUT2D eigenvalue weighted by Crippen LogP contribution is 2.30. The summed E-state index contributed by atoms with van der Waals surface area (Å²) in [4.78, 5) is 13.4. The lowest BCUT2D eigenvalue weighted by molar-refractivity contribution is 0.254. The zero-order valence-electron chi connectivity index (χ0n) is 11.6. The Morgan fingerprint density at radius 1 is 1.26 bits per heavy atom. The van der Waals surface area contributed by atoms with E-state index in [4.69, 9.17) is 5.73 Å². The predicted octanol–water partition coefficient (Wildman–Crippen LogP) is 0.773. The minimum absolute atomic E-state index is 0.338. The third kappa shape index (κ3) is 2.32. The van der Waals surface area contributed by atoms with Gasteiger partial charge < -0.3 is 16.0 Å². The Morgan fingerprint density at radius 2 is 2.05 bits per heavy atom. The molecule has 1 aromatic heterocycles. The Bertz CT molecular complexity index is 462. The van der Waals surface area contributed by atoms with Gasteiger partial charge in [0.05, 0.1) is 0 Å². The van der Waals surface area contributed by atoms with Crippen molar-refractivity contribution in [3.05, 3.63) is 6.07 Å². The molecule has 6 heteroatoms. The first-order chi connectivity index (χ1) is 9.17. The van der Waals surface area contributed by atoms with E-state index in [0.717, 1.165) is 30.8 Å². The highest BCUT2D eigenvalue weighted by Gasteiger charge is 2.35. The molecule has 0 saturated carbocycles. The molecule has 2 aliphatic rings. The highest BCUT2D eigenvalue weighted by atomic mass is 15.3. The van der Waals surface area contributed by atoms with E-state index in [9.17, 15) is 0 Å². The lowest BCUT2D eigenvalue weighted by Crippen LogP contribution is -2.37. The van der Waals surface area contributed by atoms with Crippen molar-refractivity contribution in [2.75, 3.05) is 43.1 Å². The number of likely N-dealkylation sites (N-methyl/N-ethyl adjacent to an activating group) is 1. The predicted molar refractivity (Wildman–Crippen MR) is 77.4 cm³/mol. The molecule has 0 radical (unpaired) electrons. The second kappa shape index (κ2) is 4.85. The molecule has 2 saturated heterocycles. The van der Waals surface area contributed by atoms with Crippen molar-refractivity contribution in [1.29, 1.82) is 0 Å². The number of hydrogen-bond donors (Lipinski definition) is 2. The molecule has 2 bridgehead atoms. The minimum Gasteiger partial charge on any atom is -0.373 e. The van der Waals surface area contributed by atoms with E-state index in [1.54, 1.807) is 0 Å². The molecule has 2 fully saturated rings. The molecule has 104 valence electrons. The number of nitrogen functional groups attached to an aromatic ring is 1. The molecule has 0 amide bonds. The molecule has 6 nitrogen and oxygen atoms in total. The fourth-order valence-electron chi connectivity index (χ4n) is 3.26. The fourth-order valence-corrected chi connectivity index (χ4v) is 3.26. The summed E-state index contributed by atoms with van der Waals surface area (Å²) in [7, 11) is 4.10. The Hall–Kier alpha value is -1.56. The molecule has 0 aromatic carbocycles. The number of anilines is 3. The van der Waals surface area contributed by atoms with Crippen molar-refractivity contribution in [2.24, 2.45) is 0 Å². The van der Waals surface area contributed by atoms with Crippen LogP contribution in [0.5, 0.6) is 0 Å². The van der Waals surface area contributed by atoms with Crippen LogP contribution in [0.15, 0.2) is 6.07 Å². The maximum Gasteiger partial charge on any atom is 0.223 e. The van der Waals surface area contributed by atoms with Gasteiger partial charge in [-0.25, -0.2) is 0 Å². The number of nitrogens with two attached hydrogens (primary N) is 1. The smallest absolute Gasteiger partial charge is 0.223 e. The van der Waals surface area contributed by atoms with Crippen molar-refractivity contribution < 1.29 is 0 Å². The van der Waals surface area contributed by atoms with E-state index in [-0.39, 0.29) is 0 Å². The topological polar surface area (TPSA) is 70.3 Å². The van der Waals surface area contributed by atoms with Crippen LogP contribution in [0, 0.1) is 0 Å². The SMILES string of the molecule is CNc1cc(N2CCC3CCC(C2)N3C)nc(N)n1. The summed E-state index contributed by atoms with van der Waals surface area (Å²) in [6.45, 7) is 2.08. The van der Waals surface area contributed by atoms with Crippen LogP contribution in [0.4, 0.5) is 17.6 Å². The van der Waals surface area contributed by atoms with Gasteiger partial charge in [0, 0.05) is 38.3 Å². The van der Waals surface area contributed by atoms with Crippen molar-refractivity contribution in [3.8, 4) is 0 Å². The minimum atomic E-state index is 0.338. The van der Waals surface area contributed by atoms with Crippen LogP contribution < -0.4 is 16.0 Å². The lowest BCUT2D eigenvalue weighted by Gasteiger charge is -2.26. The third-order valence-electron chi connectivity index (χ3n) is 4.46. The van der Waals surface area contributed by atoms with Gasteiger partial charge in [0.15, 0.2) is 0 Å². The normalized spacial score (nSPS) is 27.4. The van der Waals surface area contributed by atoms with Gasteiger partial charge in [0.1, 0.15) is 11.6 Å². The third-order valence-corrected chi connectivity index (χ3v) is 4.46. The summed E-state index contributed by atoms with van der Waals surface area (Å²) in [6.07, 6.45) is 3.82. The molecule has 2 atom stereocenters. The molecule has 19 heavy (non-hydrogen) atoms. The Morgan fingerprint density at radius 3 is 2.84 bits per heavy atom. The molecule has 3 N–H and O–H groups in total. The second-order valence-electron chi connectivity index (χ2n) is 5.50. The first-order valence-corrected chi connectivity index (χ1v) is 6.96. The molecule has 2 unspecified atom stereocenters. The summed E-state index contributed by atoms with van der Waals surface area (Å²) in [5, 5.41) is 3.04. The van der Waals surface area contributed by atoms with Crippen molar-refractivity contribution >= 4 is 17.6 Å². The summed E-state index contributed by atoms with van der Waals surface area (Å²) >= 11 is 0. The van der Waals surface area contributed by atoms with Gasteiger partial charge in [-0.05, 0) is 26.3 Å². The lowest BCUT2D eigenvalue weighted by atomic mass is 10.1. The summed E-state index contributed by atoms with van der Waals surface area (Å²) in [5.41, 5.74) is 5.78. The summed E-state index contributed by atoms with van der Waals surface area (Å²) in [5.74, 6) is 2.06. The second-order valence-corrected chi connectivity index (χ2v) is 5.50. The Balaban J connectivity index is 1.84. The van der Waals surface area contributed by atoms with Gasteiger partial charge in [-0.1, -0.05) is 0 Å². The number of fused-ring (bicyclic) bond motifs is 2. The maximum absolute atomic E-state index is 5.78. The first-order valence-electron chi connectivity index (χ1n) is 6.96. The Labute approximate surface area is 114 Å². The molecule has 3 heterocycles. The molecule has 0 aliphatic carbocycles. The van der Waals surface area contributed by atoms with Crippen LogP contribution in [0.1, 0.15) is 19.3 Å². The van der Waals surface area contributed by atoms with Crippen LogP contribution >= 0.6 is 0 Å². The highest BCUT2D eigenvalue weighted by molar-refractivity contribution is 5.52. The van der Waals surface area contributed by atoms with Crippen molar-refractivity contribution in [3.63, 3.8) is 0 Å². The van der Waals surface area contributed by atoms with Gasteiger partial charge in [0.25, 0.3) is 0 Å². The molecular weight excluding hydrogens is 240 g/mol. The van der Waals surface area contributed by atoms with E-state index >= 15 is 0 Å². The van der Waals surface area contributed by atoms with Gasteiger partial charge >= 0.3 is 0 Å². The first kappa shape index (κ1) is 12.5. The number of aromatic nitrogens is 2. The van der Waals surface area contributed by atoms with Gasteiger partial charge in [-0.2, -0.15) is 9.97 Å². The molecule has 3 rings (SSSR count). The van der Waals surface area contributed by atoms with Gasteiger partial charge in [-0.3, -0.25) is 4.90 Å². The van der Waals surface area contributed by atoms with Crippen LogP contribution in [-0.4, -0.2) is 54.1 Å². The summed E-state index contributed by atoms with van der Waals surface area (Å²) < 4.78 is 0. The molecule has 0 spiro atoms. The van der Waals surface area contributed by atoms with Gasteiger partial charge in [-0.15, -0.1) is 0 Å². The molecule has 1 aromatic rings.